The molecule has 3 N–H and O–H groups in total. The van der Waals surface area contributed by atoms with Gasteiger partial charge in [0.1, 0.15) is 11.5 Å². The number of carboxylic acids is 1. The van der Waals surface area contributed by atoms with Gasteiger partial charge in [-0.1, -0.05) is 54.1 Å². The Morgan fingerprint density at radius 3 is 2.26 bits per heavy atom. The van der Waals surface area contributed by atoms with Crippen molar-refractivity contribution in [2.24, 2.45) is 0 Å². The van der Waals surface area contributed by atoms with E-state index >= 15 is 0 Å². The Hall–Kier alpha value is -4.17. The summed E-state index contributed by atoms with van der Waals surface area (Å²) in [6.45, 7) is 0. The van der Waals surface area contributed by atoms with Crippen LogP contribution in [-0.4, -0.2) is 26.8 Å². The second kappa shape index (κ2) is 9.76. The van der Waals surface area contributed by atoms with Crippen molar-refractivity contribution in [1.82, 2.24) is 15.1 Å². The molecule has 172 valence electrons. The first kappa shape index (κ1) is 23.0. The van der Waals surface area contributed by atoms with E-state index in [4.69, 9.17) is 11.6 Å². The largest absolute Gasteiger partial charge is 0.481 e. The van der Waals surface area contributed by atoms with Gasteiger partial charge in [0.15, 0.2) is 0 Å². The predicted octanol–water partition coefficient (Wildman–Crippen LogP) is 4.57. The molecule has 1 atom stereocenters. The lowest BCUT2D eigenvalue weighted by atomic mass is 9.99. The number of nitrogens with one attached hydrogen (secondary N) is 2. The summed E-state index contributed by atoms with van der Waals surface area (Å²) in [5.74, 6) is -2.07. The first-order chi connectivity index (χ1) is 16.3. The zero-order valence-electron chi connectivity index (χ0n) is 17.7. The molecule has 4 rings (SSSR count). The summed E-state index contributed by atoms with van der Waals surface area (Å²) in [6.07, 6.45) is -0.360. The number of carbonyl (C=O) groups excluding carboxylic acids is 1. The molecule has 0 saturated heterocycles. The topological polar surface area (TPSA) is 104 Å². The number of hydrogen-bond acceptors (Lipinski definition) is 3. The first-order valence-electron chi connectivity index (χ1n) is 10.3. The van der Waals surface area contributed by atoms with Crippen LogP contribution in [0.1, 0.15) is 28.5 Å². The van der Waals surface area contributed by atoms with E-state index in [0.29, 0.717) is 16.3 Å². The molecule has 1 unspecified atom stereocenters. The van der Waals surface area contributed by atoms with E-state index < -0.39 is 23.5 Å². The van der Waals surface area contributed by atoms with Crippen molar-refractivity contribution >= 4 is 23.5 Å². The van der Waals surface area contributed by atoms with E-state index in [-0.39, 0.29) is 17.9 Å². The Morgan fingerprint density at radius 2 is 1.65 bits per heavy atom. The molecule has 0 aliphatic carbocycles. The zero-order chi connectivity index (χ0) is 24.2. The van der Waals surface area contributed by atoms with E-state index in [2.05, 4.69) is 10.4 Å². The molecule has 0 aliphatic heterocycles. The highest BCUT2D eigenvalue weighted by atomic mass is 35.5. The van der Waals surface area contributed by atoms with Crippen LogP contribution in [0.2, 0.25) is 5.02 Å². The monoisotopic (exact) mass is 479 g/mol. The number of halogens is 2. The summed E-state index contributed by atoms with van der Waals surface area (Å²) in [5, 5.41) is 15.2. The van der Waals surface area contributed by atoms with Crippen LogP contribution in [0.25, 0.3) is 16.8 Å². The SMILES string of the molecule is O=C(O)CC(NC(=O)c1cc(=O)n(-c2cccc(Cl)c2)[nH]1)c1ccc(-c2ccc(F)cc2)cc1. The van der Waals surface area contributed by atoms with Gasteiger partial charge in [0, 0.05) is 11.1 Å². The number of H-pyrrole nitrogens is 1. The maximum Gasteiger partial charge on any atom is 0.305 e. The second-order valence-electron chi connectivity index (χ2n) is 7.58. The zero-order valence-corrected chi connectivity index (χ0v) is 18.4. The standard InChI is InChI=1S/C25H19ClFN3O4/c26-18-2-1-3-20(12-18)30-23(31)13-22(29-30)25(34)28-21(14-24(32)33)17-6-4-15(5-7-17)16-8-10-19(27)11-9-16/h1-13,21,29H,14H2,(H,28,34)(H,32,33). The maximum atomic E-state index is 13.2. The smallest absolute Gasteiger partial charge is 0.305 e. The number of hydrogen-bond donors (Lipinski definition) is 3. The molecule has 1 amide bonds. The number of aromatic amines is 1. The molecular formula is C25H19ClFN3O4. The molecule has 3 aromatic carbocycles. The molecule has 0 fully saturated rings. The van der Waals surface area contributed by atoms with Gasteiger partial charge < -0.3 is 10.4 Å². The molecule has 0 spiro atoms. The molecule has 0 saturated carbocycles. The van der Waals surface area contributed by atoms with E-state index in [1.165, 1.54) is 16.8 Å². The van der Waals surface area contributed by atoms with Gasteiger partial charge in [0.25, 0.3) is 11.5 Å². The molecule has 1 heterocycles. The summed E-state index contributed by atoms with van der Waals surface area (Å²) in [6, 6.07) is 19.8. The van der Waals surface area contributed by atoms with Crippen LogP contribution >= 0.6 is 11.6 Å². The fourth-order valence-electron chi connectivity index (χ4n) is 3.53. The molecule has 0 aliphatic rings. The molecule has 7 nitrogen and oxygen atoms in total. The summed E-state index contributed by atoms with van der Waals surface area (Å²) < 4.78 is 14.3. The van der Waals surface area contributed by atoms with Crippen LogP contribution in [-0.2, 0) is 4.79 Å². The quantitative estimate of drug-likeness (QED) is 0.361. The van der Waals surface area contributed by atoms with Crippen molar-refractivity contribution in [2.45, 2.75) is 12.5 Å². The number of aliphatic carboxylic acids is 1. The molecule has 4 aromatic rings. The summed E-state index contributed by atoms with van der Waals surface area (Å²) in [7, 11) is 0. The van der Waals surface area contributed by atoms with Gasteiger partial charge in [0.2, 0.25) is 0 Å². The molecular weight excluding hydrogens is 461 g/mol. The Bertz CT molecular complexity index is 1390. The van der Waals surface area contributed by atoms with Gasteiger partial charge in [-0.25, -0.2) is 9.07 Å². The molecule has 9 heteroatoms. The number of benzene rings is 3. The Labute approximate surface area is 198 Å². The van der Waals surface area contributed by atoms with Crippen LogP contribution in [0, 0.1) is 5.82 Å². The fraction of sp³-hybridized carbons (Fsp3) is 0.0800. The van der Waals surface area contributed by atoms with Crippen molar-refractivity contribution in [3.63, 3.8) is 0 Å². The van der Waals surface area contributed by atoms with E-state index in [0.717, 1.165) is 17.2 Å². The van der Waals surface area contributed by atoms with Gasteiger partial charge in [-0.05, 0) is 47.0 Å². The normalized spacial score (nSPS) is 11.7. The van der Waals surface area contributed by atoms with Crippen molar-refractivity contribution in [3.05, 3.63) is 111 Å². The Morgan fingerprint density at radius 1 is 1.00 bits per heavy atom. The van der Waals surface area contributed by atoms with Gasteiger partial charge in [-0.3, -0.25) is 19.5 Å². The van der Waals surface area contributed by atoms with Gasteiger partial charge >= 0.3 is 5.97 Å². The average molecular weight is 480 g/mol. The summed E-state index contributed by atoms with van der Waals surface area (Å²) >= 11 is 5.98. The van der Waals surface area contributed by atoms with Crippen LogP contribution in [0.5, 0.6) is 0 Å². The van der Waals surface area contributed by atoms with Crippen molar-refractivity contribution < 1.29 is 19.1 Å². The molecule has 1 aromatic heterocycles. The lowest BCUT2D eigenvalue weighted by Gasteiger charge is -2.17. The lowest BCUT2D eigenvalue weighted by molar-refractivity contribution is -0.137. The second-order valence-corrected chi connectivity index (χ2v) is 8.01. The van der Waals surface area contributed by atoms with Crippen molar-refractivity contribution in [1.29, 1.82) is 0 Å². The Balaban J connectivity index is 1.56. The third-order valence-corrected chi connectivity index (χ3v) is 5.44. The third-order valence-electron chi connectivity index (χ3n) is 5.21. The minimum Gasteiger partial charge on any atom is -0.481 e. The number of amides is 1. The van der Waals surface area contributed by atoms with Gasteiger partial charge in [0.05, 0.1) is 18.2 Å². The van der Waals surface area contributed by atoms with Gasteiger partial charge in [-0.15, -0.1) is 0 Å². The summed E-state index contributed by atoms with van der Waals surface area (Å²) in [4.78, 5) is 36.7. The van der Waals surface area contributed by atoms with E-state index in [1.54, 1.807) is 60.7 Å². The molecule has 0 radical (unpaired) electrons. The number of carboxylic acid groups (broad SMARTS) is 1. The van der Waals surface area contributed by atoms with Crippen LogP contribution < -0.4 is 10.9 Å². The fourth-order valence-corrected chi connectivity index (χ4v) is 3.72. The number of rotatable bonds is 7. The van der Waals surface area contributed by atoms with Crippen LogP contribution in [0.3, 0.4) is 0 Å². The predicted molar refractivity (Wildman–Crippen MR) is 126 cm³/mol. The molecule has 0 bridgehead atoms. The van der Waals surface area contributed by atoms with E-state index in [1.807, 2.05) is 0 Å². The maximum absolute atomic E-state index is 13.2. The first-order valence-corrected chi connectivity index (χ1v) is 10.6. The Kier molecular flexibility index (Phi) is 6.60. The number of carbonyl (C=O) groups is 2. The van der Waals surface area contributed by atoms with E-state index in [9.17, 15) is 23.9 Å². The van der Waals surface area contributed by atoms with Crippen molar-refractivity contribution in [3.8, 4) is 16.8 Å². The minimum absolute atomic E-state index is 0.0247. The summed E-state index contributed by atoms with van der Waals surface area (Å²) in [5.41, 5.74) is 2.14. The highest BCUT2D eigenvalue weighted by Gasteiger charge is 2.21. The van der Waals surface area contributed by atoms with Crippen LogP contribution in [0.15, 0.2) is 83.7 Å². The van der Waals surface area contributed by atoms with Gasteiger partial charge in [-0.2, -0.15) is 0 Å². The minimum atomic E-state index is -1.10. The average Bonchev–Trinajstić information content (AvgIpc) is 3.21. The third kappa shape index (κ3) is 5.24. The number of nitrogens with zero attached hydrogens (tertiary/aromatic N) is 1. The highest BCUT2D eigenvalue weighted by molar-refractivity contribution is 6.30. The van der Waals surface area contributed by atoms with Crippen LogP contribution in [0.4, 0.5) is 4.39 Å². The number of aromatic nitrogens is 2. The lowest BCUT2D eigenvalue weighted by Crippen LogP contribution is -2.30. The molecule has 34 heavy (non-hydrogen) atoms. The highest BCUT2D eigenvalue weighted by Crippen LogP contribution is 2.24. The van der Waals surface area contributed by atoms with Crippen molar-refractivity contribution in [2.75, 3.05) is 0 Å².